The molecule has 1 N–H and O–H groups in total. The molecular weight excluding hydrogens is 286 g/mol. The summed E-state index contributed by atoms with van der Waals surface area (Å²) in [5.41, 5.74) is 1.69. The van der Waals surface area contributed by atoms with Gasteiger partial charge in [0.2, 0.25) is 5.91 Å². The fourth-order valence-corrected chi connectivity index (χ4v) is 2.59. The molecule has 0 atom stereocenters. The van der Waals surface area contributed by atoms with E-state index in [0.29, 0.717) is 10.8 Å². The molecule has 0 saturated heterocycles. The number of H-pyrrole nitrogens is 1. The van der Waals surface area contributed by atoms with E-state index < -0.39 is 0 Å². The third kappa shape index (κ3) is 3.64. The number of hydrogen-bond acceptors (Lipinski definition) is 2. The minimum absolute atomic E-state index is 0.0153. The molecule has 0 radical (unpaired) electrons. The Bertz CT molecular complexity index is 665. The fourth-order valence-electron chi connectivity index (χ4n) is 2.42. The van der Waals surface area contributed by atoms with E-state index in [2.05, 4.69) is 9.97 Å². The maximum atomic E-state index is 12.2. The van der Waals surface area contributed by atoms with Gasteiger partial charge in [-0.2, -0.15) is 0 Å². The highest BCUT2D eigenvalue weighted by Crippen LogP contribution is 2.17. The van der Waals surface area contributed by atoms with Crippen LogP contribution in [0.1, 0.15) is 33.5 Å². The summed E-state index contributed by atoms with van der Waals surface area (Å²) in [6.45, 7) is 8.04. The van der Waals surface area contributed by atoms with Crippen LogP contribution in [-0.4, -0.2) is 32.9 Å². The highest BCUT2D eigenvalue weighted by molar-refractivity contribution is 6.31. The molecule has 0 aliphatic heterocycles. The van der Waals surface area contributed by atoms with Crippen molar-refractivity contribution in [2.45, 2.75) is 39.8 Å². The third-order valence-electron chi connectivity index (χ3n) is 3.21. The minimum Gasteiger partial charge on any atom is -0.338 e. The van der Waals surface area contributed by atoms with E-state index in [-0.39, 0.29) is 18.0 Å². The van der Waals surface area contributed by atoms with Crippen LogP contribution in [0.15, 0.2) is 24.3 Å². The molecule has 0 spiro atoms. The fraction of sp³-hybridized carbons (Fsp3) is 0.375. The Kier molecular flexibility index (Phi) is 4.68. The quantitative estimate of drug-likeness (QED) is 0.872. The summed E-state index contributed by atoms with van der Waals surface area (Å²) in [5, 5.41) is 0.656. The van der Waals surface area contributed by atoms with Gasteiger partial charge in [-0.1, -0.05) is 11.6 Å². The number of nitrogens with one attached hydrogen (secondary N) is 1. The Morgan fingerprint density at radius 2 is 1.95 bits per heavy atom. The van der Waals surface area contributed by atoms with E-state index in [1.54, 1.807) is 18.2 Å². The van der Waals surface area contributed by atoms with Gasteiger partial charge < -0.3 is 9.88 Å². The second-order valence-corrected chi connectivity index (χ2v) is 5.99. The first-order valence-corrected chi connectivity index (χ1v) is 7.42. The largest absolute Gasteiger partial charge is 0.338 e. The summed E-state index contributed by atoms with van der Waals surface area (Å²) < 4.78 is 0. The van der Waals surface area contributed by atoms with E-state index in [4.69, 9.17) is 11.6 Å². The Labute approximate surface area is 129 Å². The van der Waals surface area contributed by atoms with Crippen LogP contribution in [0.4, 0.5) is 0 Å². The van der Waals surface area contributed by atoms with Gasteiger partial charge in [-0.15, -0.1) is 0 Å². The molecule has 1 aromatic heterocycles. The monoisotopic (exact) mass is 305 g/mol. The van der Waals surface area contributed by atoms with E-state index in [1.165, 1.54) is 0 Å². The first kappa shape index (κ1) is 15.6. The van der Waals surface area contributed by atoms with Gasteiger partial charge in [0.1, 0.15) is 5.82 Å². The second-order valence-electron chi connectivity index (χ2n) is 5.55. The average Bonchev–Trinajstić information content (AvgIpc) is 2.77. The maximum Gasteiger partial charge on any atom is 0.247 e. The summed E-state index contributed by atoms with van der Waals surface area (Å²) in [5.74, 6) is 0.631. The molecule has 1 heterocycles. The van der Waals surface area contributed by atoms with Crippen molar-refractivity contribution in [3.05, 3.63) is 35.1 Å². The molecule has 0 unspecified atom stereocenters. The van der Waals surface area contributed by atoms with Crippen molar-refractivity contribution < 1.29 is 4.79 Å². The number of halogens is 1. The zero-order valence-corrected chi connectivity index (χ0v) is 13.5. The molecule has 2 aromatic rings. The number of carbonyl (C=O) groups excluding carboxylic acids is 1. The van der Waals surface area contributed by atoms with Crippen molar-refractivity contribution >= 4 is 34.6 Å². The molecule has 2 rings (SSSR count). The molecule has 112 valence electrons. The van der Waals surface area contributed by atoms with Gasteiger partial charge in [0, 0.05) is 23.2 Å². The van der Waals surface area contributed by atoms with E-state index in [1.807, 2.05) is 44.7 Å². The first-order chi connectivity index (χ1) is 9.88. The van der Waals surface area contributed by atoms with Gasteiger partial charge in [-0.05, 0) is 52.0 Å². The number of imidazole rings is 1. The molecule has 5 heteroatoms. The molecule has 4 nitrogen and oxygen atoms in total. The number of aromatic nitrogens is 2. The zero-order chi connectivity index (χ0) is 15.6. The smallest absolute Gasteiger partial charge is 0.247 e. The van der Waals surface area contributed by atoms with Crippen molar-refractivity contribution in [3.8, 4) is 0 Å². The molecule has 21 heavy (non-hydrogen) atoms. The Morgan fingerprint density at radius 1 is 1.29 bits per heavy atom. The molecule has 0 fully saturated rings. The van der Waals surface area contributed by atoms with Crippen LogP contribution in [0.5, 0.6) is 0 Å². The highest BCUT2D eigenvalue weighted by atomic mass is 35.5. The van der Waals surface area contributed by atoms with Gasteiger partial charge in [0.05, 0.1) is 11.0 Å². The van der Waals surface area contributed by atoms with Gasteiger partial charge in [0.25, 0.3) is 0 Å². The van der Waals surface area contributed by atoms with Gasteiger partial charge in [-0.3, -0.25) is 4.79 Å². The minimum atomic E-state index is -0.0153. The van der Waals surface area contributed by atoms with Crippen molar-refractivity contribution in [3.63, 3.8) is 0 Å². The van der Waals surface area contributed by atoms with Gasteiger partial charge >= 0.3 is 0 Å². The predicted molar refractivity (Wildman–Crippen MR) is 87.3 cm³/mol. The predicted octanol–water partition coefficient (Wildman–Crippen LogP) is 3.87. The van der Waals surface area contributed by atoms with Gasteiger partial charge in [0.15, 0.2) is 0 Å². The molecule has 0 saturated carbocycles. The van der Waals surface area contributed by atoms with Crippen LogP contribution >= 0.6 is 11.6 Å². The van der Waals surface area contributed by atoms with Crippen LogP contribution in [0.3, 0.4) is 0 Å². The molecule has 1 aromatic carbocycles. The lowest BCUT2D eigenvalue weighted by atomic mass is 10.2. The van der Waals surface area contributed by atoms with E-state index in [9.17, 15) is 4.79 Å². The molecule has 0 aliphatic rings. The summed E-state index contributed by atoms with van der Waals surface area (Å²) >= 11 is 5.94. The SMILES string of the molecule is CC(C)N(C(=O)C=Cc1nc2ccc(Cl)cc2[nH]1)C(C)C. The first-order valence-electron chi connectivity index (χ1n) is 7.04. The maximum absolute atomic E-state index is 12.2. The number of fused-ring (bicyclic) bond motifs is 1. The van der Waals surface area contributed by atoms with Crippen molar-refractivity contribution in [2.24, 2.45) is 0 Å². The number of nitrogens with zero attached hydrogens (tertiary/aromatic N) is 2. The number of aromatic amines is 1. The van der Waals surface area contributed by atoms with Crippen LogP contribution in [0, 0.1) is 0 Å². The summed E-state index contributed by atoms with van der Waals surface area (Å²) in [6, 6.07) is 5.79. The summed E-state index contributed by atoms with van der Waals surface area (Å²) in [4.78, 5) is 21.6. The van der Waals surface area contributed by atoms with Crippen LogP contribution in [-0.2, 0) is 4.79 Å². The Hall–Kier alpha value is -1.81. The lowest BCUT2D eigenvalue weighted by Crippen LogP contribution is -2.41. The Balaban J connectivity index is 2.20. The van der Waals surface area contributed by atoms with Crippen molar-refractivity contribution in [1.82, 2.24) is 14.9 Å². The normalized spacial score (nSPS) is 12.0. The topological polar surface area (TPSA) is 49.0 Å². The highest BCUT2D eigenvalue weighted by Gasteiger charge is 2.17. The van der Waals surface area contributed by atoms with Crippen LogP contribution < -0.4 is 0 Å². The van der Waals surface area contributed by atoms with Crippen molar-refractivity contribution in [2.75, 3.05) is 0 Å². The number of amides is 1. The Morgan fingerprint density at radius 3 is 2.57 bits per heavy atom. The molecular formula is C16H20ClN3O. The third-order valence-corrected chi connectivity index (χ3v) is 3.45. The number of benzene rings is 1. The lowest BCUT2D eigenvalue weighted by Gasteiger charge is -2.29. The zero-order valence-electron chi connectivity index (χ0n) is 12.7. The summed E-state index contributed by atoms with van der Waals surface area (Å²) in [7, 11) is 0. The molecule has 0 aliphatic carbocycles. The number of rotatable bonds is 4. The molecule has 0 bridgehead atoms. The average molecular weight is 306 g/mol. The van der Waals surface area contributed by atoms with E-state index in [0.717, 1.165) is 11.0 Å². The summed E-state index contributed by atoms with van der Waals surface area (Å²) in [6.07, 6.45) is 3.26. The van der Waals surface area contributed by atoms with Gasteiger partial charge in [-0.25, -0.2) is 4.98 Å². The second kappa shape index (κ2) is 6.31. The lowest BCUT2D eigenvalue weighted by molar-refractivity contribution is -0.129. The van der Waals surface area contributed by atoms with Crippen LogP contribution in [0.25, 0.3) is 17.1 Å². The standard InChI is InChI=1S/C16H20ClN3O/c1-10(2)20(11(3)4)16(21)8-7-15-18-13-6-5-12(17)9-14(13)19-15/h5-11H,1-4H3,(H,18,19). The molecule has 1 amide bonds. The van der Waals surface area contributed by atoms with E-state index >= 15 is 0 Å². The van der Waals surface area contributed by atoms with Crippen LogP contribution in [0.2, 0.25) is 5.02 Å². The number of carbonyl (C=O) groups is 1. The van der Waals surface area contributed by atoms with Crippen molar-refractivity contribution in [1.29, 1.82) is 0 Å². The number of hydrogen-bond donors (Lipinski definition) is 1.